The molecule has 1 fully saturated rings. The smallest absolute Gasteiger partial charge is 0.191 e. The van der Waals surface area contributed by atoms with Crippen molar-refractivity contribution < 1.29 is 4.74 Å². The molecule has 0 unspecified atom stereocenters. The van der Waals surface area contributed by atoms with Gasteiger partial charge in [-0.1, -0.05) is 24.6 Å². The van der Waals surface area contributed by atoms with Crippen LogP contribution >= 0.6 is 0 Å². The Bertz CT molecular complexity index is 858. The van der Waals surface area contributed by atoms with Crippen LogP contribution in [0.2, 0.25) is 0 Å². The molecular weight excluding hydrogens is 388 g/mol. The van der Waals surface area contributed by atoms with Crippen LogP contribution in [0.25, 0.3) is 0 Å². The van der Waals surface area contributed by atoms with E-state index in [-0.39, 0.29) is 0 Å². The van der Waals surface area contributed by atoms with E-state index in [2.05, 4.69) is 50.5 Å². The number of aryl methyl sites for hydroxylation is 2. The van der Waals surface area contributed by atoms with Gasteiger partial charge < -0.3 is 19.9 Å². The number of nitrogens with zero attached hydrogens (tertiary/aromatic N) is 4. The molecule has 1 saturated carbocycles. The zero-order valence-electron chi connectivity index (χ0n) is 18.8. The molecule has 0 radical (unpaired) electrons. The number of aliphatic imine (C=N–C) groups is 1. The summed E-state index contributed by atoms with van der Waals surface area (Å²) >= 11 is 0. The number of rotatable bonds is 10. The van der Waals surface area contributed by atoms with E-state index in [1.54, 1.807) is 0 Å². The van der Waals surface area contributed by atoms with Crippen LogP contribution in [-0.4, -0.2) is 40.4 Å². The summed E-state index contributed by atoms with van der Waals surface area (Å²) in [6.45, 7) is 6.28. The van der Waals surface area contributed by atoms with E-state index in [0.717, 1.165) is 80.3 Å². The molecule has 4 rings (SSSR count). The molecule has 0 atom stereocenters. The van der Waals surface area contributed by atoms with Crippen molar-refractivity contribution in [1.82, 2.24) is 25.4 Å². The van der Waals surface area contributed by atoms with Crippen molar-refractivity contribution in [3.8, 4) is 5.75 Å². The molecule has 2 N–H and O–H groups in total. The Labute approximate surface area is 185 Å². The van der Waals surface area contributed by atoms with Gasteiger partial charge in [0.25, 0.3) is 0 Å². The van der Waals surface area contributed by atoms with E-state index in [1.807, 2.05) is 6.07 Å². The summed E-state index contributed by atoms with van der Waals surface area (Å²) in [5.41, 5.74) is 1.13. The maximum atomic E-state index is 6.02. The molecule has 0 saturated heterocycles. The number of fused-ring (bicyclic) bond motifs is 1. The van der Waals surface area contributed by atoms with E-state index >= 15 is 0 Å². The van der Waals surface area contributed by atoms with Gasteiger partial charge in [0.05, 0.1) is 13.2 Å². The van der Waals surface area contributed by atoms with Crippen LogP contribution in [0.4, 0.5) is 0 Å². The second-order valence-corrected chi connectivity index (χ2v) is 8.58. The molecule has 2 aromatic rings. The number of hydrogen-bond acceptors (Lipinski definition) is 4. The summed E-state index contributed by atoms with van der Waals surface area (Å²) in [7, 11) is 0. The predicted molar refractivity (Wildman–Crippen MR) is 123 cm³/mol. The molecule has 0 bridgehead atoms. The van der Waals surface area contributed by atoms with Crippen molar-refractivity contribution in [2.75, 3.05) is 19.7 Å². The molecule has 1 aliphatic heterocycles. The molecule has 168 valence electrons. The number of para-hydroxylation sites is 1. The number of aromatic nitrogens is 3. The molecule has 1 aromatic heterocycles. The minimum Gasteiger partial charge on any atom is -0.493 e. The number of guanidine groups is 1. The van der Waals surface area contributed by atoms with Crippen LogP contribution < -0.4 is 15.4 Å². The normalized spacial score (nSPS) is 16.5. The van der Waals surface area contributed by atoms with Crippen molar-refractivity contribution in [2.45, 2.75) is 71.4 Å². The van der Waals surface area contributed by atoms with Gasteiger partial charge in [-0.3, -0.25) is 0 Å². The topological polar surface area (TPSA) is 76.4 Å². The highest BCUT2D eigenvalue weighted by molar-refractivity contribution is 5.79. The second-order valence-electron chi connectivity index (χ2n) is 8.58. The largest absolute Gasteiger partial charge is 0.493 e. The van der Waals surface area contributed by atoms with Crippen LogP contribution in [0.1, 0.15) is 62.7 Å². The summed E-state index contributed by atoms with van der Waals surface area (Å²) in [6, 6.07) is 8.24. The lowest BCUT2D eigenvalue weighted by Crippen LogP contribution is -2.38. The number of hydrogen-bond donors (Lipinski definition) is 2. The van der Waals surface area contributed by atoms with E-state index in [1.165, 1.54) is 32.1 Å². The van der Waals surface area contributed by atoms with E-state index < -0.39 is 0 Å². The summed E-state index contributed by atoms with van der Waals surface area (Å²) < 4.78 is 8.36. The first-order valence-corrected chi connectivity index (χ1v) is 12.0. The van der Waals surface area contributed by atoms with Crippen LogP contribution in [0.5, 0.6) is 5.75 Å². The molecule has 1 aromatic carbocycles. The summed E-state index contributed by atoms with van der Waals surface area (Å²) in [5, 5.41) is 15.7. The van der Waals surface area contributed by atoms with Gasteiger partial charge in [0.2, 0.25) is 0 Å². The van der Waals surface area contributed by atoms with E-state index in [0.29, 0.717) is 6.54 Å². The van der Waals surface area contributed by atoms with Gasteiger partial charge in [0.15, 0.2) is 5.96 Å². The Morgan fingerprint density at radius 2 is 2.06 bits per heavy atom. The molecule has 31 heavy (non-hydrogen) atoms. The predicted octanol–water partition coefficient (Wildman–Crippen LogP) is 3.48. The average molecular weight is 425 g/mol. The van der Waals surface area contributed by atoms with E-state index in [9.17, 15) is 0 Å². The zero-order chi connectivity index (χ0) is 21.3. The Kier molecular flexibility index (Phi) is 7.80. The van der Waals surface area contributed by atoms with Crippen molar-refractivity contribution in [3.63, 3.8) is 0 Å². The van der Waals surface area contributed by atoms with Gasteiger partial charge in [-0.2, -0.15) is 0 Å². The van der Waals surface area contributed by atoms with Crippen LogP contribution in [0, 0.1) is 5.92 Å². The SMILES string of the molecule is CCNC(=NCc1ccccc1OCC1CC1)NCCCc1nnc2n1CCCCC2. The van der Waals surface area contributed by atoms with Gasteiger partial charge in [-0.15, -0.1) is 10.2 Å². The van der Waals surface area contributed by atoms with Gasteiger partial charge in [-0.05, 0) is 51.0 Å². The first kappa shape index (κ1) is 21.7. The quantitative estimate of drug-likeness (QED) is 0.347. The first-order chi connectivity index (χ1) is 15.3. The number of ether oxygens (including phenoxy) is 1. The lowest BCUT2D eigenvalue weighted by atomic mass is 10.2. The zero-order valence-corrected chi connectivity index (χ0v) is 18.8. The van der Waals surface area contributed by atoms with Gasteiger partial charge in [0, 0.05) is 38.0 Å². The monoisotopic (exact) mass is 424 g/mol. The fourth-order valence-corrected chi connectivity index (χ4v) is 3.96. The second kappa shape index (κ2) is 11.2. The van der Waals surface area contributed by atoms with Gasteiger partial charge in [-0.25, -0.2) is 4.99 Å². The van der Waals surface area contributed by atoms with Crippen molar-refractivity contribution >= 4 is 5.96 Å². The molecule has 0 spiro atoms. The lowest BCUT2D eigenvalue weighted by molar-refractivity contribution is 0.297. The highest BCUT2D eigenvalue weighted by Gasteiger charge is 2.22. The standard InChI is InChI=1S/C24H36N6O/c1-2-25-24(27-17-20-9-5-6-10-21(20)31-18-19-13-14-19)26-15-8-12-23-29-28-22-11-4-3-7-16-30(22)23/h5-6,9-10,19H,2-4,7-8,11-18H2,1H3,(H2,25,26,27). The highest BCUT2D eigenvalue weighted by Crippen LogP contribution is 2.30. The Morgan fingerprint density at radius 3 is 2.94 bits per heavy atom. The Balaban J connectivity index is 1.27. The fraction of sp³-hybridized carbons (Fsp3) is 0.625. The maximum absolute atomic E-state index is 6.02. The number of benzene rings is 1. The third-order valence-electron chi connectivity index (χ3n) is 5.95. The van der Waals surface area contributed by atoms with Gasteiger partial charge >= 0.3 is 0 Å². The van der Waals surface area contributed by atoms with Crippen molar-refractivity contribution in [2.24, 2.45) is 10.9 Å². The van der Waals surface area contributed by atoms with E-state index in [4.69, 9.17) is 9.73 Å². The third-order valence-corrected chi connectivity index (χ3v) is 5.95. The first-order valence-electron chi connectivity index (χ1n) is 12.0. The minimum atomic E-state index is 0.605. The average Bonchev–Trinajstić information content (AvgIpc) is 3.59. The minimum absolute atomic E-state index is 0.605. The maximum Gasteiger partial charge on any atom is 0.191 e. The molecule has 7 heteroatoms. The molecule has 2 heterocycles. The van der Waals surface area contributed by atoms with Crippen LogP contribution in [0.3, 0.4) is 0 Å². The third kappa shape index (κ3) is 6.45. The lowest BCUT2D eigenvalue weighted by Gasteiger charge is -2.13. The summed E-state index contributed by atoms with van der Waals surface area (Å²) in [4.78, 5) is 4.79. The van der Waals surface area contributed by atoms with Crippen molar-refractivity contribution in [1.29, 1.82) is 0 Å². The summed E-state index contributed by atoms with van der Waals surface area (Å²) in [6.07, 6.45) is 9.37. The highest BCUT2D eigenvalue weighted by atomic mass is 16.5. The number of nitrogens with one attached hydrogen (secondary N) is 2. The Hall–Kier alpha value is -2.57. The molecule has 7 nitrogen and oxygen atoms in total. The van der Waals surface area contributed by atoms with Crippen molar-refractivity contribution in [3.05, 3.63) is 41.5 Å². The Morgan fingerprint density at radius 1 is 1.16 bits per heavy atom. The van der Waals surface area contributed by atoms with Crippen LogP contribution in [0.15, 0.2) is 29.3 Å². The van der Waals surface area contributed by atoms with Gasteiger partial charge in [0.1, 0.15) is 17.4 Å². The molecule has 2 aliphatic rings. The summed E-state index contributed by atoms with van der Waals surface area (Å²) in [5.74, 6) is 4.84. The molecule has 0 amide bonds. The van der Waals surface area contributed by atoms with Crippen LogP contribution in [-0.2, 0) is 25.9 Å². The molecular formula is C24H36N6O. The fourth-order valence-electron chi connectivity index (χ4n) is 3.96. The molecule has 1 aliphatic carbocycles.